The first-order valence-corrected chi connectivity index (χ1v) is 6.79. The van der Waals surface area contributed by atoms with Crippen LogP contribution in [0.2, 0.25) is 0 Å². The number of amides is 1. The smallest absolute Gasteiger partial charge is 0.347 e. The summed E-state index contributed by atoms with van der Waals surface area (Å²) in [4.78, 5) is 42.3. The molecule has 0 spiro atoms. The molecule has 10 heteroatoms. The molecule has 0 bridgehead atoms. The molecule has 0 aliphatic rings. The molecule has 2 rings (SSSR count). The van der Waals surface area contributed by atoms with Gasteiger partial charge in [-0.25, -0.2) is 28.3 Å². The van der Waals surface area contributed by atoms with Gasteiger partial charge in [0.05, 0.1) is 12.4 Å². The summed E-state index contributed by atoms with van der Waals surface area (Å²) in [6.45, 7) is 1.07. The molecule has 2 aromatic rings. The highest BCUT2D eigenvalue weighted by Gasteiger charge is 2.32. The van der Waals surface area contributed by atoms with Gasteiger partial charge in [0, 0.05) is 19.1 Å². The van der Waals surface area contributed by atoms with Crippen molar-refractivity contribution in [3.05, 3.63) is 48.3 Å². The van der Waals surface area contributed by atoms with E-state index in [2.05, 4.69) is 15.3 Å². The van der Waals surface area contributed by atoms with E-state index in [0.717, 1.165) is 43.6 Å². The normalized spacial score (nSPS) is 10.2. The van der Waals surface area contributed by atoms with E-state index >= 15 is 0 Å². The highest BCUT2D eigenvalue weighted by atomic mass is 19.1. The molecule has 8 nitrogen and oxygen atoms in total. The van der Waals surface area contributed by atoms with E-state index in [0.29, 0.717) is 0 Å². The van der Waals surface area contributed by atoms with Crippen LogP contribution < -0.4 is 14.8 Å². The van der Waals surface area contributed by atoms with Crippen molar-refractivity contribution >= 4 is 17.8 Å². The predicted octanol–water partition coefficient (Wildman–Crippen LogP) is 0.770. The molecular formula is C15H11F2N3O5. The minimum absolute atomic E-state index is 0.283. The van der Waals surface area contributed by atoms with Gasteiger partial charge in [0.15, 0.2) is 0 Å². The third kappa shape index (κ3) is 5.30. The fraction of sp³-hybridized carbons (Fsp3) is 0.133. The zero-order valence-corrected chi connectivity index (χ0v) is 12.7. The summed E-state index contributed by atoms with van der Waals surface area (Å²) in [5, 5.41) is 2.05. The number of hydrogen-bond acceptors (Lipinski definition) is 7. The van der Waals surface area contributed by atoms with Gasteiger partial charge in [-0.2, -0.15) is 0 Å². The number of nitrogens with zero attached hydrogens (tertiary/aromatic N) is 2. The maximum absolute atomic E-state index is 12.8. The molecule has 0 atom stereocenters. The molecule has 2 aromatic heterocycles. The number of ether oxygens (including phenoxy) is 2. The topological polar surface area (TPSA) is 107 Å². The molecule has 1 amide bonds. The average Bonchev–Trinajstić information content (AvgIpc) is 2.56. The van der Waals surface area contributed by atoms with Crippen molar-refractivity contribution < 1.29 is 32.6 Å². The Balaban J connectivity index is 2.11. The number of aromatic nitrogens is 2. The molecule has 0 aliphatic heterocycles. The Kier molecular flexibility index (Phi) is 5.66. The van der Waals surface area contributed by atoms with Gasteiger partial charge < -0.3 is 14.8 Å². The number of carbonyl (C=O) groups excluding carboxylic acids is 3. The van der Waals surface area contributed by atoms with Crippen molar-refractivity contribution in [3.63, 3.8) is 0 Å². The van der Waals surface area contributed by atoms with Gasteiger partial charge in [-0.15, -0.1) is 0 Å². The van der Waals surface area contributed by atoms with Gasteiger partial charge in [0.1, 0.15) is 11.6 Å². The first-order valence-electron chi connectivity index (χ1n) is 6.79. The molecule has 1 N–H and O–H groups in total. The predicted molar refractivity (Wildman–Crippen MR) is 77.3 cm³/mol. The van der Waals surface area contributed by atoms with Gasteiger partial charge in [-0.3, -0.25) is 4.79 Å². The zero-order chi connectivity index (χ0) is 18.4. The molecule has 0 unspecified atom stereocenters. The molecule has 0 radical (unpaired) electrons. The fourth-order valence-corrected chi connectivity index (χ4v) is 1.59. The number of halogens is 2. The van der Waals surface area contributed by atoms with Crippen LogP contribution in [0, 0.1) is 11.6 Å². The molecule has 2 heterocycles. The van der Waals surface area contributed by atoms with Crippen LogP contribution in [-0.4, -0.2) is 33.9 Å². The first-order chi connectivity index (χ1) is 11.8. The maximum Gasteiger partial charge on any atom is 0.347 e. The largest absolute Gasteiger partial charge is 0.405 e. The summed E-state index contributed by atoms with van der Waals surface area (Å²) in [5.74, 6) is -5.00. The Hall–Kier alpha value is -3.43. The molecule has 0 fully saturated rings. The lowest BCUT2D eigenvalue weighted by atomic mass is 10.3. The minimum atomic E-state index is -1.82. The Morgan fingerprint density at radius 3 is 1.68 bits per heavy atom. The molecule has 0 aromatic carbocycles. The number of carbonyl (C=O) groups is 3. The quantitative estimate of drug-likeness (QED) is 0.626. The second-order valence-electron chi connectivity index (χ2n) is 4.61. The van der Waals surface area contributed by atoms with E-state index in [4.69, 9.17) is 9.47 Å². The van der Waals surface area contributed by atoms with Crippen molar-refractivity contribution in [2.45, 2.75) is 13.0 Å². The van der Waals surface area contributed by atoms with Gasteiger partial charge in [-0.1, -0.05) is 0 Å². The van der Waals surface area contributed by atoms with Gasteiger partial charge in [-0.05, 0) is 12.1 Å². The Labute approximate surface area is 139 Å². The Bertz CT molecular complexity index is 721. The number of rotatable bonds is 5. The molecule has 25 heavy (non-hydrogen) atoms. The van der Waals surface area contributed by atoms with Crippen LogP contribution in [-0.2, 0) is 14.4 Å². The highest BCUT2D eigenvalue weighted by Crippen LogP contribution is 2.10. The summed E-state index contributed by atoms with van der Waals surface area (Å²) < 4.78 is 35.2. The third-order valence-corrected chi connectivity index (χ3v) is 2.63. The van der Waals surface area contributed by atoms with Crippen LogP contribution >= 0.6 is 0 Å². The molecule has 0 aliphatic carbocycles. The van der Waals surface area contributed by atoms with Gasteiger partial charge in [0.2, 0.25) is 23.7 Å². The molecule has 0 saturated carbocycles. The molecule has 0 saturated heterocycles. The average molecular weight is 351 g/mol. The number of esters is 2. The summed E-state index contributed by atoms with van der Waals surface area (Å²) in [6.07, 6.45) is 1.60. The van der Waals surface area contributed by atoms with E-state index in [9.17, 15) is 23.2 Å². The lowest BCUT2D eigenvalue weighted by Gasteiger charge is -2.14. The van der Waals surface area contributed by atoms with E-state index in [1.165, 1.54) is 0 Å². The van der Waals surface area contributed by atoms with Crippen LogP contribution in [0.5, 0.6) is 11.8 Å². The van der Waals surface area contributed by atoms with Crippen molar-refractivity contribution in [1.29, 1.82) is 0 Å². The van der Waals surface area contributed by atoms with Crippen LogP contribution in [0.3, 0.4) is 0 Å². The Morgan fingerprint density at radius 1 is 0.920 bits per heavy atom. The van der Waals surface area contributed by atoms with Crippen molar-refractivity contribution in [3.8, 4) is 11.8 Å². The van der Waals surface area contributed by atoms with Crippen molar-refractivity contribution in [2.75, 3.05) is 0 Å². The molecular weight excluding hydrogens is 340 g/mol. The minimum Gasteiger partial charge on any atom is -0.405 e. The maximum atomic E-state index is 12.8. The number of hydrogen-bond donors (Lipinski definition) is 1. The first kappa shape index (κ1) is 17.9. The second-order valence-corrected chi connectivity index (χ2v) is 4.61. The van der Waals surface area contributed by atoms with E-state index < -0.39 is 35.5 Å². The number of nitrogens with one attached hydrogen (secondary N) is 1. The summed E-state index contributed by atoms with van der Waals surface area (Å²) >= 11 is 0. The SMILES string of the molecule is CC(=O)NC(C(=O)Oc1ccc(F)cn1)C(=O)Oc1ccc(F)cn1. The summed E-state index contributed by atoms with van der Waals surface area (Å²) in [6, 6.07) is 2.28. The highest BCUT2D eigenvalue weighted by molar-refractivity contribution is 6.03. The van der Waals surface area contributed by atoms with E-state index in [1.54, 1.807) is 0 Å². The van der Waals surface area contributed by atoms with E-state index in [-0.39, 0.29) is 11.8 Å². The number of pyridine rings is 2. The third-order valence-electron chi connectivity index (χ3n) is 2.63. The lowest BCUT2D eigenvalue weighted by molar-refractivity contribution is -0.150. The summed E-state index contributed by atoms with van der Waals surface area (Å²) in [5.41, 5.74) is 0. The summed E-state index contributed by atoms with van der Waals surface area (Å²) in [7, 11) is 0. The van der Waals surface area contributed by atoms with Crippen molar-refractivity contribution in [1.82, 2.24) is 15.3 Å². The van der Waals surface area contributed by atoms with Crippen LogP contribution in [0.4, 0.5) is 8.78 Å². The molecule has 130 valence electrons. The Morgan fingerprint density at radius 2 is 1.36 bits per heavy atom. The van der Waals surface area contributed by atoms with Crippen LogP contribution in [0.1, 0.15) is 6.92 Å². The zero-order valence-electron chi connectivity index (χ0n) is 12.7. The van der Waals surface area contributed by atoms with Crippen molar-refractivity contribution in [2.24, 2.45) is 0 Å². The van der Waals surface area contributed by atoms with E-state index in [1.807, 2.05) is 0 Å². The van der Waals surface area contributed by atoms with Gasteiger partial charge >= 0.3 is 11.9 Å². The van der Waals surface area contributed by atoms with Crippen LogP contribution in [0.15, 0.2) is 36.7 Å². The monoisotopic (exact) mass is 351 g/mol. The standard InChI is InChI=1S/C15H11F2N3O5/c1-8(21)20-13(14(22)24-11-4-2-9(16)6-18-11)15(23)25-12-5-3-10(17)7-19-12/h2-7,13H,1H3,(H,20,21). The van der Waals surface area contributed by atoms with Crippen LogP contribution in [0.25, 0.3) is 0 Å². The van der Waals surface area contributed by atoms with Gasteiger partial charge in [0.25, 0.3) is 0 Å². The fourth-order valence-electron chi connectivity index (χ4n) is 1.59. The second kappa shape index (κ2) is 7.90. The lowest BCUT2D eigenvalue weighted by Crippen LogP contribution is -2.49.